The Balaban J connectivity index is 2.91. The van der Waals surface area contributed by atoms with Crippen molar-refractivity contribution in [3.05, 3.63) is 0 Å². The molecule has 19 heavy (non-hydrogen) atoms. The summed E-state index contributed by atoms with van der Waals surface area (Å²) in [4.78, 5) is 0. The Morgan fingerprint density at radius 1 is 1.16 bits per heavy atom. The van der Waals surface area contributed by atoms with Crippen LogP contribution in [0.25, 0.3) is 0 Å². The Morgan fingerprint density at radius 3 is 2.21 bits per heavy atom. The molecule has 1 rings (SSSR count). The molecular weight excluding hydrogens is 258 g/mol. The SMILES string of the molecule is CCC(C)C1CCCC[N+]1(C)C[Si](OC)(OC)OC. The summed E-state index contributed by atoms with van der Waals surface area (Å²) in [5, 5.41) is 0. The fourth-order valence-corrected chi connectivity index (χ4v) is 5.72. The average molecular weight is 290 g/mol. The van der Waals surface area contributed by atoms with Gasteiger partial charge in [-0.25, -0.2) is 0 Å². The number of rotatable bonds is 7. The van der Waals surface area contributed by atoms with Gasteiger partial charge in [0, 0.05) is 27.2 Å². The van der Waals surface area contributed by atoms with Crippen LogP contribution in [-0.4, -0.2) is 60.4 Å². The molecule has 1 aliphatic heterocycles. The van der Waals surface area contributed by atoms with Crippen molar-refractivity contribution in [2.24, 2.45) is 5.92 Å². The largest absolute Gasteiger partial charge is 0.558 e. The van der Waals surface area contributed by atoms with Crippen molar-refractivity contribution in [3.63, 3.8) is 0 Å². The molecule has 114 valence electrons. The topological polar surface area (TPSA) is 27.7 Å². The normalized spacial score (nSPS) is 30.3. The monoisotopic (exact) mass is 290 g/mol. The van der Waals surface area contributed by atoms with E-state index < -0.39 is 8.80 Å². The lowest BCUT2D eigenvalue weighted by atomic mass is 9.88. The highest BCUT2D eigenvalue weighted by atomic mass is 28.4. The maximum atomic E-state index is 5.64. The molecule has 0 amide bonds. The van der Waals surface area contributed by atoms with Crippen molar-refractivity contribution < 1.29 is 17.8 Å². The Hall–Kier alpha value is 0.0569. The first-order chi connectivity index (χ1) is 8.97. The summed E-state index contributed by atoms with van der Waals surface area (Å²) >= 11 is 0. The maximum absolute atomic E-state index is 5.64. The number of hydrogen-bond donors (Lipinski definition) is 0. The second-order valence-corrected chi connectivity index (χ2v) is 9.01. The molecule has 5 heteroatoms. The van der Waals surface area contributed by atoms with E-state index in [2.05, 4.69) is 20.9 Å². The lowest BCUT2D eigenvalue weighted by molar-refractivity contribution is -0.935. The zero-order valence-electron chi connectivity index (χ0n) is 13.6. The molecule has 0 N–H and O–H groups in total. The van der Waals surface area contributed by atoms with E-state index in [1.165, 1.54) is 32.2 Å². The molecule has 4 nitrogen and oxygen atoms in total. The molecule has 1 aliphatic rings. The summed E-state index contributed by atoms with van der Waals surface area (Å²) in [7, 11) is 5.00. The van der Waals surface area contributed by atoms with Crippen LogP contribution in [0.1, 0.15) is 39.5 Å². The number of likely N-dealkylation sites (tertiary alicyclic amines) is 1. The first kappa shape index (κ1) is 17.1. The molecule has 0 spiro atoms. The first-order valence-electron chi connectivity index (χ1n) is 7.46. The summed E-state index contributed by atoms with van der Waals surface area (Å²) in [5.41, 5.74) is 0. The number of hydrogen-bond acceptors (Lipinski definition) is 3. The average Bonchev–Trinajstić information content (AvgIpc) is 2.44. The lowest BCUT2D eigenvalue weighted by Gasteiger charge is -2.49. The molecule has 0 saturated carbocycles. The zero-order valence-corrected chi connectivity index (χ0v) is 14.6. The molecular formula is C14H32NO3Si+. The Morgan fingerprint density at radius 2 is 1.74 bits per heavy atom. The van der Waals surface area contributed by atoms with E-state index in [1.54, 1.807) is 21.3 Å². The highest BCUT2D eigenvalue weighted by Gasteiger charge is 2.51. The van der Waals surface area contributed by atoms with Gasteiger partial charge in [-0.05, 0) is 25.7 Å². The van der Waals surface area contributed by atoms with Crippen molar-refractivity contribution in [2.75, 3.05) is 41.1 Å². The van der Waals surface area contributed by atoms with E-state index in [-0.39, 0.29) is 0 Å². The van der Waals surface area contributed by atoms with Gasteiger partial charge in [0.15, 0.2) is 0 Å². The van der Waals surface area contributed by atoms with E-state index >= 15 is 0 Å². The van der Waals surface area contributed by atoms with Gasteiger partial charge >= 0.3 is 8.80 Å². The molecule has 0 radical (unpaired) electrons. The van der Waals surface area contributed by atoms with E-state index in [0.29, 0.717) is 6.04 Å². The van der Waals surface area contributed by atoms with Crippen LogP contribution in [0, 0.1) is 5.92 Å². The molecule has 3 unspecified atom stereocenters. The highest BCUT2D eigenvalue weighted by molar-refractivity contribution is 6.60. The smallest absolute Gasteiger partial charge is 0.374 e. The molecule has 0 aliphatic carbocycles. The van der Waals surface area contributed by atoms with Crippen LogP contribution in [0.3, 0.4) is 0 Å². The van der Waals surface area contributed by atoms with Crippen molar-refractivity contribution in [2.45, 2.75) is 45.6 Å². The van der Waals surface area contributed by atoms with E-state index in [0.717, 1.165) is 16.6 Å². The van der Waals surface area contributed by atoms with Crippen LogP contribution in [0.15, 0.2) is 0 Å². The Bertz CT molecular complexity index is 265. The summed E-state index contributed by atoms with van der Waals surface area (Å²) < 4.78 is 18.0. The third-order valence-corrected chi connectivity index (χ3v) is 7.98. The standard InChI is InChI=1S/C14H32NO3Si/c1-7-13(2)14-10-8-9-11-15(14,3)12-19(16-4,17-5)18-6/h13-14H,7-12H2,1-6H3/q+1. The highest BCUT2D eigenvalue weighted by Crippen LogP contribution is 2.32. The van der Waals surface area contributed by atoms with Gasteiger partial charge < -0.3 is 17.8 Å². The third kappa shape index (κ3) is 3.79. The van der Waals surface area contributed by atoms with Crippen molar-refractivity contribution in [1.29, 1.82) is 0 Å². The van der Waals surface area contributed by atoms with E-state index in [1.807, 2.05) is 0 Å². The number of quaternary nitrogens is 1. The summed E-state index contributed by atoms with van der Waals surface area (Å²) in [5.74, 6) is 0.738. The molecule has 1 saturated heterocycles. The van der Waals surface area contributed by atoms with E-state index in [9.17, 15) is 0 Å². The summed E-state index contributed by atoms with van der Waals surface area (Å²) in [6.45, 7) is 5.87. The van der Waals surface area contributed by atoms with Crippen LogP contribution < -0.4 is 0 Å². The minimum atomic E-state index is -2.51. The zero-order chi connectivity index (χ0) is 14.5. The van der Waals surface area contributed by atoms with Gasteiger partial charge in [-0.2, -0.15) is 0 Å². The molecule has 0 aromatic carbocycles. The summed E-state index contributed by atoms with van der Waals surface area (Å²) in [6.07, 6.45) is 6.08. The van der Waals surface area contributed by atoms with E-state index in [4.69, 9.17) is 13.3 Å². The molecule has 0 bridgehead atoms. The van der Waals surface area contributed by atoms with Gasteiger partial charge in [-0.15, -0.1) is 0 Å². The Kier molecular flexibility index (Phi) is 6.46. The van der Waals surface area contributed by atoms with Gasteiger partial charge in [-0.3, -0.25) is 0 Å². The van der Waals surface area contributed by atoms with Crippen molar-refractivity contribution >= 4 is 8.80 Å². The predicted molar refractivity (Wildman–Crippen MR) is 79.8 cm³/mol. The van der Waals surface area contributed by atoms with Gasteiger partial charge in [0.1, 0.15) is 6.17 Å². The lowest BCUT2D eigenvalue weighted by Crippen LogP contribution is -2.66. The fourth-order valence-electron chi connectivity index (χ4n) is 3.56. The van der Waals surface area contributed by atoms with Crippen LogP contribution >= 0.6 is 0 Å². The Labute approximate surface area is 120 Å². The van der Waals surface area contributed by atoms with Crippen molar-refractivity contribution in [3.8, 4) is 0 Å². The molecule has 0 aromatic rings. The van der Waals surface area contributed by atoms with Crippen LogP contribution in [0.5, 0.6) is 0 Å². The molecule has 0 aromatic heterocycles. The molecule has 1 fully saturated rings. The van der Waals surface area contributed by atoms with Gasteiger partial charge in [-0.1, -0.05) is 13.8 Å². The minimum absolute atomic E-state index is 0.700. The number of piperidine rings is 1. The van der Waals surface area contributed by atoms with Gasteiger partial charge in [0.2, 0.25) is 0 Å². The third-order valence-electron chi connectivity index (χ3n) is 5.01. The number of nitrogens with zero attached hydrogens (tertiary/aromatic N) is 1. The van der Waals surface area contributed by atoms with Crippen LogP contribution in [0.2, 0.25) is 0 Å². The molecule has 1 heterocycles. The fraction of sp³-hybridized carbons (Fsp3) is 1.00. The van der Waals surface area contributed by atoms with Crippen LogP contribution in [-0.2, 0) is 13.3 Å². The summed E-state index contributed by atoms with van der Waals surface area (Å²) in [6, 6.07) is 0.700. The molecule has 3 atom stereocenters. The van der Waals surface area contributed by atoms with Gasteiger partial charge in [0.25, 0.3) is 0 Å². The second-order valence-electron chi connectivity index (χ2n) is 6.11. The van der Waals surface area contributed by atoms with Crippen molar-refractivity contribution in [1.82, 2.24) is 0 Å². The minimum Gasteiger partial charge on any atom is -0.374 e. The second kappa shape index (κ2) is 7.18. The first-order valence-corrected chi connectivity index (χ1v) is 9.39. The van der Waals surface area contributed by atoms with Crippen LogP contribution in [0.4, 0.5) is 0 Å². The quantitative estimate of drug-likeness (QED) is 0.532. The maximum Gasteiger partial charge on any atom is 0.558 e. The predicted octanol–water partition coefficient (Wildman–Crippen LogP) is 2.45. The van der Waals surface area contributed by atoms with Gasteiger partial charge in [0.05, 0.1) is 19.6 Å².